The predicted octanol–water partition coefficient (Wildman–Crippen LogP) is 2.11. The van der Waals surface area contributed by atoms with Crippen LogP contribution in [0.4, 0.5) is 24.7 Å². The van der Waals surface area contributed by atoms with Gasteiger partial charge in [0.05, 0.1) is 29.1 Å². The van der Waals surface area contributed by atoms with Crippen molar-refractivity contribution in [1.82, 2.24) is 40.1 Å². The van der Waals surface area contributed by atoms with Crippen molar-refractivity contribution in [2.75, 3.05) is 25.0 Å². The highest BCUT2D eigenvalue weighted by Crippen LogP contribution is 2.36. The average molecular weight is 646 g/mol. The number of β-amino-alcohol motifs (C(OH)–C–C–N with tert-alkyl or cyclic N) is 1. The molecule has 1 saturated heterocycles. The Hall–Kier alpha value is -5.03. The molecule has 0 aliphatic carbocycles. The first-order valence-electron chi connectivity index (χ1n) is 14.2. The van der Waals surface area contributed by atoms with Gasteiger partial charge >= 0.3 is 6.18 Å². The number of anilines is 2. The van der Waals surface area contributed by atoms with Gasteiger partial charge in [0.15, 0.2) is 17.2 Å². The van der Waals surface area contributed by atoms with Gasteiger partial charge in [0.2, 0.25) is 5.91 Å². The minimum atomic E-state index is -4.64. The monoisotopic (exact) mass is 645 g/mol. The standard InChI is InChI=1S/C28H32F3N9O3.CH2O2/c1-4-16-11-17(5-6-18(16)25(41)33-7-8-34-26(42)20-12-27(2,43)15-36-20)37-23-24-35-13-21(40(24)10-9-32-23)19-14-39(3)38-22(19)28(29,30)31;2-1-3/h5-6,9-11,13-14,20,36,43H,4,7-8,12,15H2,1-3H3,(H,32,37)(H,33,41)(H,34,42);1H,(H,2,3)/t20-,27-;/m0./s1. The number of alkyl halides is 3. The third-order valence-corrected chi connectivity index (χ3v) is 7.19. The first kappa shape index (κ1) is 33.9. The fraction of sp³-hybridized carbons (Fsp3) is 0.379. The molecule has 2 amide bonds. The van der Waals surface area contributed by atoms with Crippen LogP contribution in [0.1, 0.15) is 41.9 Å². The molecule has 1 aliphatic heterocycles. The molecule has 2 atom stereocenters. The normalized spacial score (nSPS) is 17.7. The van der Waals surface area contributed by atoms with Gasteiger partial charge in [-0.15, -0.1) is 0 Å². The maximum Gasteiger partial charge on any atom is 0.435 e. The summed E-state index contributed by atoms with van der Waals surface area (Å²) in [5.74, 6) is -0.208. The number of carboxylic acid groups (broad SMARTS) is 1. The summed E-state index contributed by atoms with van der Waals surface area (Å²) in [6.45, 7) is 4.12. The van der Waals surface area contributed by atoms with E-state index in [9.17, 15) is 27.9 Å². The highest BCUT2D eigenvalue weighted by molar-refractivity contribution is 5.96. The van der Waals surface area contributed by atoms with E-state index in [1.54, 1.807) is 25.1 Å². The van der Waals surface area contributed by atoms with Crippen molar-refractivity contribution in [3.05, 3.63) is 59.8 Å². The van der Waals surface area contributed by atoms with Crippen LogP contribution in [0.2, 0.25) is 0 Å². The van der Waals surface area contributed by atoms with E-state index in [4.69, 9.17) is 9.90 Å². The van der Waals surface area contributed by atoms with Crippen LogP contribution in [0.5, 0.6) is 0 Å². The van der Waals surface area contributed by atoms with E-state index in [0.717, 1.165) is 10.2 Å². The Morgan fingerprint density at radius 2 is 1.93 bits per heavy atom. The molecule has 1 aromatic carbocycles. The van der Waals surface area contributed by atoms with Crippen molar-refractivity contribution in [2.45, 2.75) is 44.5 Å². The van der Waals surface area contributed by atoms with Gasteiger partial charge < -0.3 is 31.5 Å². The SMILES string of the molecule is CCc1cc(Nc2nccn3c(-c4cn(C)nc4C(F)(F)F)cnc23)ccc1C(=O)NCCNC(=O)[C@@H]1C[C@](C)(O)CN1.O=CO. The van der Waals surface area contributed by atoms with Gasteiger partial charge in [-0.3, -0.25) is 23.5 Å². The van der Waals surface area contributed by atoms with Crippen molar-refractivity contribution < 1.29 is 37.8 Å². The molecule has 4 heterocycles. The maximum absolute atomic E-state index is 13.6. The van der Waals surface area contributed by atoms with Crippen molar-refractivity contribution in [3.63, 3.8) is 0 Å². The number of hydrogen-bond donors (Lipinski definition) is 6. The summed E-state index contributed by atoms with van der Waals surface area (Å²) in [5.41, 5.74) is 0.334. The molecular formula is C29H34F3N9O5. The number of nitrogens with zero attached hydrogens (tertiary/aromatic N) is 5. The number of hydrogen-bond acceptors (Lipinski definition) is 9. The number of amides is 2. The van der Waals surface area contributed by atoms with E-state index in [-0.39, 0.29) is 42.6 Å². The Morgan fingerprint density at radius 3 is 2.59 bits per heavy atom. The number of aliphatic hydroxyl groups is 1. The van der Waals surface area contributed by atoms with Gasteiger partial charge in [0, 0.05) is 62.9 Å². The molecule has 14 nitrogen and oxygen atoms in total. The van der Waals surface area contributed by atoms with Crippen LogP contribution in [-0.4, -0.2) is 83.9 Å². The van der Waals surface area contributed by atoms with Gasteiger partial charge in [-0.1, -0.05) is 6.92 Å². The number of aryl methyl sites for hydroxylation is 2. The molecule has 1 fully saturated rings. The topological polar surface area (TPSA) is 188 Å². The van der Waals surface area contributed by atoms with E-state index in [2.05, 4.69) is 36.3 Å². The Bertz CT molecular complexity index is 1720. The van der Waals surface area contributed by atoms with Gasteiger partial charge in [-0.05, 0) is 37.1 Å². The summed E-state index contributed by atoms with van der Waals surface area (Å²) in [4.78, 5) is 42.2. The highest BCUT2D eigenvalue weighted by Gasteiger charge is 2.38. The van der Waals surface area contributed by atoms with Crippen LogP contribution in [0.3, 0.4) is 0 Å². The summed E-state index contributed by atoms with van der Waals surface area (Å²) in [7, 11) is 1.42. The van der Waals surface area contributed by atoms with E-state index in [1.807, 2.05) is 6.92 Å². The van der Waals surface area contributed by atoms with E-state index >= 15 is 0 Å². The first-order chi connectivity index (χ1) is 21.8. The lowest BCUT2D eigenvalue weighted by molar-refractivity contribution is -0.141. The van der Waals surface area contributed by atoms with Crippen molar-refractivity contribution in [1.29, 1.82) is 0 Å². The molecule has 17 heteroatoms. The van der Waals surface area contributed by atoms with Crippen molar-refractivity contribution >= 4 is 35.4 Å². The zero-order valence-corrected chi connectivity index (χ0v) is 25.2. The largest absolute Gasteiger partial charge is 0.483 e. The van der Waals surface area contributed by atoms with Gasteiger partial charge in [-0.25, -0.2) is 9.97 Å². The Morgan fingerprint density at radius 1 is 1.22 bits per heavy atom. The molecule has 1 aliphatic rings. The quantitative estimate of drug-likeness (QED) is 0.116. The fourth-order valence-electron chi connectivity index (χ4n) is 5.11. The summed E-state index contributed by atoms with van der Waals surface area (Å²) in [5, 5.41) is 32.2. The van der Waals surface area contributed by atoms with Crippen LogP contribution in [0.15, 0.2) is 43.0 Å². The van der Waals surface area contributed by atoms with Crippen molar-refractivity contribution in [2.24, 2.45) is 7.05 Å². The number of benzene rings is 1. The van der Waals surface area contributed by atoms with E-state index in [1.165, 1.54) is 36.2 Å². The first-order valence-corrected chi connectivity index (χ1v) is 14.2. The van der Waals surface area contributed by atoms with Crippen LogP contribution >= 0.6 is 0 Å². The molecule has 46 heavy (non-hydrogen) atoms. The summed E-state index contributed by atoms with van der Waals surface area (Å²) in [6, 6.07) is 4.69. The number of aromatic nitrogens is 5. The van der Waals surface area contributed by atoms with Crippen LogP contribution in [0.25, 0.3) is 16.9 Å². The highest BCUT2D eigenvalue weighted by atomic mass is 19.4. The molecule has 0 radical (unpaired) electrons. The minimum Gasteiger partial charge on any atom is -0.483 e. The Kier molecular flexibility index (Phi) is 10.3. The third kappa shape index (κ3) is 7.78. The summed E-state index contributed by atoms with van der Waals surface area (Å²) < 4.78 is 43.4. The lowest BCUT2D eigenvalue weighted by Gasteiger charge is -2.15. The molecule has 3 aromatic heterocycles. The molecule has 6 N–H and O–H groups in total. The molecule has 5 rings (SSSR count). The molecule has 246 valence electrons. The smallest absolute Gasteiger partial charge is 0.435 e. The second-order valence-electron chi connectivity index (χ2n) is 10.8. The number of carbonyl (C=O) groups excluding carboxylic acids is 2. The number of nitrogens with one attached hydrogen (secondary N) is 4. The van der Waals surface area contributed by atoms with Crippen LogP contribution in [0, 0.1) is 0 Å². The second kappa shape index (κ2) is 13.9. The molecule has 0 saturated carbocycles. The molecule has 0 spiro atoms. The molecular weight excluding hydrogens is 611 g/mol. The Labute approximate surface area is 261 Å². The van der Waals surface area contributed by atoms with Crippen LogP contribution < -0.4 is 21.3 Å². The van der Waals surface area contributed by atoms with E-state index < -0.39 is 23.5 Å². The van der Waals surface area contributed by atoms with Gasteiger partial charge in [0.25, 0.3) is 12.4 Å². The fourth-order valence-corrected chi connectivity index (χ4v) is 5.11. The Balaban J connectivity index is 0.00000154. The van der Waals surface area contributed by atoms with Crippen LogP contribution in [-0.2, 0) is 29.2 Å². The molecule has 0 bridgehead atoms. The predicted molar refractivity (Wildman–Crippen MR) is 160 cm³/mol. The molecule has 4 aromatic rings. The van der Waals surface area contributed by atoms with Gasteiger partial charge in [-0.2, -0.15) is 18.3 Å². The number of halogens is 3. The maximum atomic E-state index is 13.6. The third-order valence-electron chi connectivity index (χ3n) is 7.19. The number of fused-ring (bicyclic) bond motifs is 1. The number of carbonyl (C=O) groups is 3. The zero-order valence-electron chi connectivity index (χ0n) is 25.2. The number of rotatable bonds is 9. The minimum absolute atomic E-state index is 0.105. The lowest BCUT2D eigenvalue weighted by Crippen LogP contribution is -2.43. The number of imidazole rings is 1. The zero-order chi connectivity index (χ0) is 33.6. The summed E-state index contributed by atoms with van der Waals surface area (Å²) in [6.07, 6.45) is 1.85. The lowest BCUT2D eigenvalue weighted by atomic mass is 10.0. The average Bonchev–Trinajstić information content (AvgIpc) is 3.71. The van der Waals surface area contributed by atoms with Crippen molar-refractivity contribution in [3.8, 4) is 11.3 Å². The van der Waals surface area contributed by atoms with E-state index in [0.29, 0.717) is 42.1 Å². The second-order valence-corrected chi connectivity index (χ2v) is 10.8. The van der Waals surface area contributed by atoms with Gasteiger partial charge in [0.1, 0.15) is 0 Å². The summed E-state index contributed by atoms with van der Waals surface area (Å²) >= 11 is 0. The molecule has 0 unspecified atom stereocenters.